The molecule has 16 heteroatoms. The van der Waals surface area contributed by atoms with Crippen molar-refractivity contribution in [1.82, 2.24) is 24.8 Å². The van der Waals surface area contributed by atoms with E-state index in [0.717, 1.165) is 58.4 Å². The molecule has 7 nitrogen and oxygen atoms in total. The summed E-state index contributed by atoms with van der Waals surface area (Å²) in [6.45, 7) is 29.2. The maximum absolute atomic E-state index is 12.6. The Morgan fingerprint density at radius 2 is 0.887 bits per heavy atom. The summed E-state index contributed by atoms with van der Waals surface area (Å²) in [5, 5.41) is 0.931. The number of alkyl halides is 3. The van der Waals surface area contributed by atoms with Crippen molar-refractivity contribution in [2.45, 2.75) is 103 Å². The van der Waals surface area contributed by atoms with E-state index in [1.807, 2.05) is 132 Å². The van der Waals surface area contributed by atoms with E-state index in [-0.39, 0.29) is 11.4 Å². The Morgan fingerprint density at radius 1 is 0.423 bits per heavy atom. The van der Waals surface area contributed by atoms with E-state index in [0.29, 0.717) is 29.0 Å². The second-order valence-electron chi connectivity index (χ2n) is 23.1. The van der Waals surface area contributed by atoms with Gasteiger partial charge in [0.25, 0.3) is 0 Å². The number of ether oxygens (including phenoxy) is 1. The lowest BCUT2D eigenvalue weighted by Crippen LogP contribution is -2.28. The molecule has 0 aliphatic carbocycles. The van der Waals surface area contributed by atoms with Crippen LogP contribution in [-0.2, 0) is 17.3 Å². The molecule has 12 rings (SSSR count). The monoisotopic (exact) mass is 1350 g/mol. The van der Waals surface area contributed by atoms with Crippen LogP contribution in [0.4, 0.5) is 35.1 Å². The smallest absolute Gasteiger partial charge is 0.416 e. The van der Waals surface area contributed by atoms with Crippen molar-refractivity contribution in [3.8, 4) is 5.75 Å². The molecule has 0 bridgehead atoms. The Hall–Kier alpha value is -9.43. The fraction of sp³-hybridized carbons (Fsp3) is 0.235. The van der Waals surface area contributed by atoms with Crippen molar-refractivity contribution in [3.63, 3.8) is 0 Å². The standard InChI is InChI=1S/C11H16NO2P.C8H7F3.C8H8F2.C8H9F.C8H10.C7H6F2.2C7H8.2C6H7N.C5H6N2/c1-12-7-9-6-10(15(2,3)13)4-5-11(9)14-8-12;1-6-3-2-4-7(5-6)8(9,10)11;1-5-3-7(9)6(2)8(10)4-5;1-6-3-4-7(2)8(9)5-6;1-7-3-5-8(2)6-4-7;1-5-2-3-6(8)4-7(5)9;2*1-7-5-3-2-4-6-7;1-6-3-2-4-7-5-6;1-6-4-2-3-5-7-6;1-5-6-3-2-4-7-5/h4-6H,7-8H2,1-3H3;2-5H,1H3;3-4H,1-2H3;3-5H,1-2H3;3-6H,1-2H3;2-4H,1H3;2*2-6H,1H3;2*2-5H,1H3;2-4H,1H3. The minimum absolute atomic E-state index is 0.0885. The highest BCUT2D eigenvalue weighted by Gasteiger charge is 2.30. The molecule has 0 fully saturated rings. The zero-order chi connectivity index (χ0) is 72.5. The van der Waals surface area contributed by atoms with Crippen LogP contribution in [0.25, 0.3) is 0 Å². The summed E-state index contributed by atoms with van der Waals surface area (Å²) in [4.78, 5) is 17.7. The molecule has 97 heavy (non-hydrogen) atoms. The highest BCUT2D eigenvalue weighted by atomic mass is 31.2. The summed E-state index contributed by atoms with van der Waals surface area (Å²) in [6, 6.07) is 63.0. The third kappa shape index (κ3) is 38.6. The number of pyridine rings is 2. The summed E-state index contributed by atoms with van der Waals surface area (Å²) in [5.74, 6) is -0.342. The van der Waals surface area contributed by atoms with Gasteiger partial charge in [-0.1, -0.05) is 161 Å². The van der Waals surface area contributed by atoms with Crippen LogP contribution in [-0.4, -0.2) is 51.9 Å². The molecule has 0 spiro atoms. The molecular formula is C81H92F8N5O2P. The van der Waals surface area contributed by atoms with E-state index < -0.39 is 42.2 Å². The van der Waals surface area contributed by atoms with E-state index in [4.69, 9.17) is 4.74 Å². The lowest BCUT2D eigenvalue weighted by Gasteiger charge is -2.26. The topological polar surface area (TPSA) is 81.1 Å². The number of hydrogen-bond donors (Lipinski definition) is 0. The fourth-order valence-corrected chi connectivity index (χ4v) is 8.42. The van der Waals surface area contributed by atoms with Crippen molar-refractivity contribution in [3.05, 3.63) is 356 Å². The molecule has 0 N–H and O–H groups in total. The zero-order valence-electron chi connectivity index (χ0n) is 58.5. The second kappa shape index (κ2) is 45.1. The molecule has 0 saturated heterocycles. The van der Waals surface area contributed by atoms with Gasteiger partial charge in [-0.2, -0.15) is 13.2 Å². The number of aryl methyl sites for hydroxylation is 12. The summed E-state index contributed by atoms with van der Waals surface area (Å²) < 4.78 is 116. The third-order valence-corrected chi connectivity index (χ3v) is 14.7. The maximum atomic E-state index is 12.6. The average Bonchev–Trinajstić information content (AvgIpc) is 0.904. The number of fused-ring (bicyclic) bond motifs is 1. The molecule has 3 aromatic heterocycles. The predicted octanol–water partition coefficient (Wildman–Crippen LogP) is 21.9. The van der Waals surface area contributed by atoms with E-state index in [9.17, 15) is 39.7 Å². The molecule has 0 radical (unpaired) electrons. The molecule has 0 unspecified atom stereocenters. The van der Waals surface area contributed by atoms with Crippen molar-refractivity contribution in [1.29, 1.82) is 0 Å². The molecule has 4 heterocycles. The first-order valence-electron chi connectivity index (χ1n) is 31.0. The molecule has 1 aliphatic heterocycles. The van der Waals surface area contributed by atoms with Gasteiger partial charge in [0.05, 0.1) is 5.56 Å². The second-order valence-corrected chi connectivity index (χ2v) is 26.3. The molecule has 0 saturated carbocycles. The Balaban J connectivity index is 0.000000366. The molecule has 0 amide bonds. The number of benzene rings is 8. The van der Waals surface area contributed by atoms with E-state index >= 15 is 0 Å². The van der Waals surface area contributed by atoms with E-state index in [2.05, 4.69) is 101 Å². The largest absolute Gasteiger partial charge is 0.478 e. The summed E-state index contributed by atoms with van der Waals surface area (Å²) in [5.41, 5.74) is 11.6. The first-order valence-corrected chi connectivity index (χ1v) is 33.6. The van der Waals surface area contributed by atoms with Gasteiger partial charge < -0.3 is 9.30 Å². The van der Waals surface area contributed by atoms with Gasteiger partial charge in [-0.05, 0) is 211 Å². The van der Waals surface area contributed by atoms with Crippen LogP contribution >= 0.6 is 7.14 Å². The number of rotatable bonds is 1. The number of halogens is 8. The normalized spacial score (nSPS) is 10.7. The molecule has 514 valence electrons. The molecule has 0 atom stereocenters. The summed E-state index contributed by atoms with van der Waals surface area (Å²) in [6.07, 6.45) is 4.62. The highest BCUT2D eigenvalue weighted by Crippen LogP contribution is 2.37. The molecular weight excluding hydrogens is 1260 g/mol. The summed E-state index contributed by atoms with van der Waals surface area (Å²) >= 11 is 0. The van der Waals surface area contributed by atoms with Crippen molar-refractivity contribution >= 4 is 12.4 Å². The quantitative estimate of drug-likeness (QED) is 0.120. The van der Waals surface area contributed by atoms with Crippen LogP contribution in [0.3, 0.4) is 0 Å². The Bertz CT molecular complexity index is 3690. The van der Waals surface area contributed by atoms with Gasteiger partial charge in [0, 0.05) is 65.7 Å². The number of nitrogens with zero attached hydrogens (tertiary/aromatic N) is 5. The minimum atomic E-state index is -4.22. The first kappa shape index (κ1) is 83.7. The van der Waals surface area contributed by atoms with Gasteiger partial charge in [-0.3, -0.25) is 14.9 Å². The van der Waals surface area contributed by atoms with Crippen molar-refractivity contribution in [2.75, 3.05) is 27.1 Å². The zero-order valence-corrected chi connectivity index (χ0v) is 59.4. The number of aromatic nitrogens is 4. The van der Waals surface area contributed by atoms with Gasteiger partial charge >= 0.3 is 6.18 Å². The SMILES string of the molecule is CN1COc2ccc(P(C)(C)=O)cc2C1.Cc1cc(F)c(C)c(F)c1.Cc1ccc(C)c(F)c1.Cc1ccc(C)cc1.Cc1ccc(F)cc1F.Cc1cccc(C(F)(F)F)c1.Cc1ccccc1.Cc1ccccc1.Cc1ccccn1.Cc1cccnc1.Cc1ncccn1. The lowest BCUT2D eigenvalue weighted by atomic mass is 10.1. The fourth-order valence-electron chi connectivity index (χ4n) is 7.52. The van der Waals surface area contributed by atoms with Crippen molar-refractivity contribution < 1.29 is 44.4 Å². The average molecular weight is 1350 g/mol. The molecule has 11 aromatic rings. The lowest BCUT2D eigenvalue weighted by molar-refractivity contribution is -0.137. The summed E-state index contributed by atoms with van der Waals surface area (Å²) in [7, 11) is -0.151. The Kier molecular flexibility index (Phi) is 38.9. The third-order valence-electron chi connectivity index (χ3n) is 13.2. The van der Waals surface area contributed by atoms with Crippen LogP contribution in [0, 0.1) is 119 Å². The Morgan fingerprint density at radius 3 is 1.25 bits per heavy atom. The molecule has 1 aliphatic rings. The van der Waals surface area contributed by atoms with Crippen LogP contribution in [0.2, 0.25) is 0 Å². The van der Waals surface area contributed by atoms with Crippen molar-refractivity contribution in [2.24, 2.45) is 0 Å². The molecule has 8 aromatic carbocycles. The van der Waals surface area contributed by atoms with Crippen LogP contribution < -0.4 is 10.0 Å². The van der Waals surface area contributed by atoms with Crippen LogP contribution in [0.1, 0.15) is 83.8 Å². The minimum Gasteiger partial charge on any atom is -0.478 e. The van der Waals surface area contributed by atoms with Gasteiger partial charge in [0.1, 0.15) is 54.5 Å². The van der Waals surface area contributed by atoms with Gasteiger partial charge in [-0.15, -0.1) is 0 Å². The number of hydrogen-bond acceptors (Lipinski definition) is 7. The van der Waals surface area contributed by atoms with E-state index in [1.165, 1.54) is 71.1 Å². The van der Waals surface area contributed by atoms with Crippen LogP contribution in [0.5, 0.6) is 5.75 Å². The van der Waals surface area contributed by atoms with Gasteiger partial charge in [-0.25, -0.2) is 31.9 Å². The predicted molar refractivity (Wildman–Crippen MR) is 384 cm³/mol. The Labute approximate surface area is 570 Å². The van der Waals surface area contributed by atoms with Gasteiger partial charge in [0.2, 0.25) is 0 Å². The van der Waals surface area contributed by atoms with Gasteiger partial charge in [0.15, 0.2) is 0 Å². The first-order chi connectivity index (χ1) is 45.7. The maximum Gasteiger partial charge on any atom is 0.416 e. The van der Waals surface area contributed by atoms with E-state index in [1.54, 1.807) is 84.0 Å². The highest BCUT2D eigenvalue weighted by molar-refractivity contribution is 7.70. The van der Waals surface area contributed by atoms with Crippen LogP contribution in [0.15, 0.2) is 243 Å².